The van der Waals surface area contributed by atoms with E-state index >= 15 is 0 Å². The van der Waals surface area contributed by atoms with E-state index < -0.39 is 0 Å². The summed E-state index contributed by atoms with van der Waals surface area (Å²) in [5.41, 5.74) is 4.28. The first-order chi connectivity index (χ1) is 16.7. The molecule has 0 unspecified atom stereocenters. The standard InChI is InChI=1S/C28H26N4O2/c33-26(29-17-9-14-21-10-3-1-4-11-21)20-32-28(34)24-19-31(18-22-12-5-2-6-13-22)25-16-8-7-15-23(25)27(24)30-32/h1-8,10-13,15-16,19H,9,14,17-18,20H2,(H,29,33). The first-order valence-corrected chi connectivity index (χ1v) is 11.5. The van der Waals surface area contributed by atoms with Crippen molar-refractivity contribution in [3.8, 4) is 11.3 Å². The molecule has 170 valence electrons. The topological polar surface area (TPSA) is 68.9 Å². The summed E-state index contributed by atoms with van der Waals surface area (Å²) in [6.07, 6.45) is 3.59. The summed E-state index contributed by atoms with van der Waals surface area (Å²) >= 11 is 0. The van der Waals surface area contributed by atoms with Gasteiger partial charge in [-0.3, -0.25) is 9.59 Å². The van der Waals surface area contributed by atoms with E-state index in [1.54, 1.807) is 0 Å². The lowest BCUT2D eigenvalue weighted by atomic mass is 10.1. The molecule has 6 nitrogen and oxygen atoms in total. The minimum Gasteiger partial charge on any atom is -0.354 e. The number of pyridine rings is 1. The van der Waals surface area contributed by atoms with Crippen molar-refractivity contribution in [3.63, 3.8) is 0 Å². The number of carbonyl (C=O) groups excluding carboxylic acids is 1. The largest absolute Gasteiger partial charge is 0.354 e. The summed E-state index contributed by atoms with van der Waals surface area (Å²) in [6, 6.07) is 28.2. The normalized spacial score (nSPS) is 11.2. The second kappa shape index (κ2) is 9.75. The number of fused-ring (bicyclic) bond motifs is 3. The minimum absolute atomic E-state index is 0.0914. The summed E-state index contributed by atoms with van der Waals surface area (Å²) in [6.45, 7) is 1.11. The number of amides is 1. The minimum atomic E-state index is -0.248. The van der Waals surface area contributed by atoms with Gasteiger partial charge in [-0.25, -0.2) is 4.68 Å². The van der Waals surface area contributed by atoms with Crippen LogP contribution in [-0.2, 0) is 24.3 Å². The van der Waals surface area contributed by atoms with Gasteiger partial charge in [-0.1, -0.05) is 78.9 Å². The van der Waals surface area contributed by atoms with E-state index in [9.17, 15) is 9.59 Å². The highest BCUT2D eigenvalue weighted by atomic mass is 16.2. The van der Waals surface area contributed by atoms with Crippen molar-refractivity contribution in [1.29, 1.82) is 0 Å². The molecule has 0 saturated carbocycles. The van der Waals surface area contributed by atoms with E-state index in [4.69, 9.17) is 0 Å². The lowest BCUT2D eigenvalue weighted by molar-refractivity contribution is -0.121. The summed E-state index contributed by atoms with van der Waals surface area (Å²) in [5, 5.41) is 8.34. The number of aryl methyl sites for hydroxylation is 1. The van der Waals surface area contributed by atoms with Crippen molar-refractivity contribution >= 4 is 16.8 Å². The monoisotopic (exact) mass is 450 g/mol. The number of hydrogen-bond acceptors (Lipinski definition) is 3. The van der Waals surface area contributed by atoms with Crippen LogP contribution in [0.4, 0.5) is 0 Å². The lowest BCUT2D eigenvalue weighted by Crippen LogP contribution is -2.32. The van der Waals surface area contributed by atoms with Crippen LogP contribution in [0.2, 0.25) is 0 Å². The zero-order chi connectivity index (χ0) is 23.3. The fraction of sp³-hybridized carbons (Fsp3) is 0.179. The molecule has 1 amide bonds. The maximum absolute atomic E-state index is 13.1. The van der Waals surface area contributed by atoms with Gasteiger partial charge in [0, 0.05) is 24.7 Å². The molecule has 2 aliphatic heterocycles. The lowest BCUT2D eigenvalue weighted by Gasteiger charge is -2.13. The number of carbonyl (C=O) groups is 1. The predicted molar refractivity (Wildman–Crippen MR) is 134 cm³/mol. The van der Waals surface area contributed by atoms with Crippen LogP contribution < -0.4 is 10.9 Å². The van der Waals surface area contributed by atoms with Crippen LogP contribution in [-0.4, -0.2) is 26.8 Å². The third-order valence-corrected chi connectivity index (χ3v) is 5.99. The smallest absolute Gasteiger partial charge is 0.278 e. The SMILES string of the molecule is O=C(Cn1nc2c3ccccc3n(Cc3ccccc3)cc-2c1=O)NCCCc1ccccc1. The molecule has 0 spiro atoms. The molecule has 0 atom stereocenters. The number of para-hydroxylation sites is 1. The summed E-state index contributed by atoms with van der Waals surface area (Å²) in [4.78, 5) is 25.6. The van der Waals surface area contributed by atoms with Gasteiger partial charge in [0.15, 0.2) is 0 Å². The van der Waals surface area contributed by atoms with Crippen molar-refractivity contribution in [2.45, 2.75) is 25.9 Å². The molecule has 3 aromatic rings. The van der Waals surface area contributed by atoms with Gasteiger partial charge in [-0.15, -0.1) is 0 Å². The Balaban J connectivity index is 1.35. The first-order valence-electron chi connectivity index (χ1n) is 11.5. The Bertz CT molecular complexity index is 1440. The van der Waals surface area contributed by atoms with Gasteiger partial charge in [-0.05, 0) is 30.0 Å². The number of rotatable bonds is 8. The molecule has 3 aromatic carbocycles. The quantitative estimate of drug-likeness (QED) is 0.362. The zero-order valence-electron chi connectivity index (χ0n) is 18.9. The molecule has 0 fully saturated rings. The number of hydrogen-bond donors (Lipinski definition) is 1. The van der Waals surface area contributed by atoms with Crippen molar-refractivity contribution in [2.75, 3.05) is 6.54 Å². The molecule has 0 aromatic heterocycles. The van der Waals surface area contributed by atoms with Gasteiger partial charge in [0.25, 0.3) is 5.56 Å². The Kier molecular flexibility index (Phi) is 6.21. The summed E-state index contributed by atoms with van der Waals surface area (Å²) in [5.74, 6) is -0.209. The van der Waals surface area contributed by atoms with Crippen molar-refractivity contribution in [1.82, 2.24) is 19.7 Å². The average molecular weight is 451 g/mol. The number of benzene rings is 3. The van der Waals surface area contributed by atoms with Crippen LogP contribution in [0.3, 0.4) is 0 Å². The number of nitrogens with one attached hydrogen (secondary N) is 1. The summed E-state index contributed by atoms with van der Waals surface area (Å²) in [7, 11) is 0. The van der Waals surface area contributed by atoms with Gasteiger partial charge < -0.3 is 9.88 Å². The highest BCUT2D eigenvalue weighted by Crippen LogP contribution is 2.27. The highest BCUT2D eigenvalue weighted by Gasteiger charge is 2.21. The predicted octanol–water partition coefficient (Wildman–Crippen LogP) is 4.10. The molecule has 0 saturated heterocycles. The van der Waals surface area contributed by atoms with Crippen molar-refractivity contribution < 1.29 is 4.79 Å². The van der Waals surface area contributed by atoms with E-state index in [-0.39, 0.29) is 18.0 Å². The molecule has 34 heavy (non-hydrogen) atoms. The molecule has 0 radical (unpaired) electrons. The second-order valence-corrected chi connectivity index (χ2v) is 8.42. The van der Waals surface area contributed by atoms with E-state index in [0.29, 0.717) is 24.3 Å². The molecule has 2 aliphatic rings. The molecule has 1 N–H and O–H groups in total. The Hall–Kier alpha value is -4.19. The third-order valence-electron chi connectivity index (χ3n) is 5.99. The Morgan fingerprint density at radius 3 is 2.29 bits per heavy atom. The van der Waals surface area contributed by atoms with E-state index in [0.717, 1.165) is 29.3 Å². The summed E-state index contributed by atoms with van der Waals surface area (Å²) < 4.78 is 3.35. The fourth-order valence-corrected chi connectivity index (χ4v) is 4.30. The Morgan fingerprint density at radius 1 is 0.853 bits per heavy atom. The van der Waals surface area contributed by atoms with Crippen LogP contribution in [0.15, 0.2) is 95.9 Å². The van der Waals surface area contributed by atoms with Crippen LogP contribution in [0.5, 0.6) is 0 Å². The van der Waals surface area contributed by atoms with Crippen LogP contribution >= 0.6 is 0 Å². The second-order valence-electron chi connectivity index (χ2n) is 8.42. The maximum atomic E-state index is 13.1. The van der Waals surface area contributed by atoms with Gasteiger partial charge in [0.1, 0.15) is 12.2 Å². The van der Waals surface area contributed by atoms with Crippen LogP contribution in [0.1, 0.15) is 17.5 Å². The van der Waals surface area contributed by atoms with Crippen LogP contribution in [0.25, 0.3) is 22.2 Å². The van der Waals surface area contributed by atoms with Gasteiger partial charge in [-0.2, -0.15) is 5.10 Å². The molecular weight excluding hydrogens is 424 g/mol. The molecule has 0 aliphatic carbocycles. The molecule has 2 heterocycles. The molecule has 0 bridgehead atoms. The van der Waals surface area contributed by atoms with Crippen LogP contribution in [0, 0.1) is 0 Å². The molecule has 5 rings (SSSR count). The fourth-order valence-electron chi connectivity index (χ4n) is 4.30. The number of aromatic nitrogens is 3. The zero-order valence-corrected chi connectivity index (χ0v) is 18.9. The van der Waals surface area contributed by atoms with E-state index in [2.05, 4.69) is 39.2 Å². The van der Waals surface area contributed by atoms with Gasteiger partial charge >= 0.3 is 0 Å². The first kappa shape index (κ1) is 21.6. The maximum Gasteiger partial charge on any atom is 0.278 e. The van der Waals surface area contributed by atoms with Crippen molar-refractivity contribution in [2.24, 2.45) is 0 Å². The van der Waals surface area contributed by atoms with Gasteiger partial charge in [0.05, 0.1) is 11.1 Å². The van der Waals surface area contributed by atoms with E-state index in [1.165, 1.54) is 10.2 Å². The molecule has 6 heteroatoms. The third kappa shape index (κ3) is 4.62. The Labute approximate surface area is 197 Å². The van der Waals surface area contributed by atoms with Gasteiger partial charge in [0.2, 0.25) is 5.91 Å². The Morgan fingerprint density at radius 2 is 1.53 bits per heavy atom. The van der Waals surface area contributed by atoms with Crippen molar-refractivity contribution in [3.05, 3.63) is 113 Å². The highest BCUT2D eigenvalue weighted by molar-refractivity contribution is 5.93. The molecular formula is C28H26N4O2. The number of nitrogens with zero attached hydrogens (tertiary/aromatic N) is 3. The van der Waals surface area contributed by atoms with E-state index in [1.807, 2.05) is 66.9 Å². The average Bonchev–Trinajstić information content (AvgIpc) is 3.18.